The first-order valence-electron chi connectivity index (χ1n) is 7.14. The van der Waals surface area contributed by atoms with Crippen LogP contribution >= 0.6 is 0 Å². The molecule has 3 rings (SSSR count). The van der Waals surface area contributed by atoms with E-state index in [2.05, 4.69) is 27.0 Å². The average molecular weight is 271 g/mol. The van der Waals surface area contributed by atoms with Gasteiger partial charge < -0.3 is 10.4 Å². The van der Waals surface area contributed by atoms with Crippen molar-refractivity contribution in [2.45, 2.75) is 26.3 Å². The Morgan fingerprint density at radius 2 is 2.05 bits per heavy atom. The monoisotopic (exact) mass is 271 g/mol. The van der Waals surface area contributed by atoms with Crippen molar-refractivity contribution >= 4 is 0 Å². The smallest absolute Gasteiger partial charge is 0.110 e. The summed E-state index contributed by atoms with van der Waals surface area (Å²) in [7, 11) is 0. The van der Waals surface area contributed by atoms with E-state index in [0.29, 0.717) is 0 Å². The van der Waals surface area contributed by atoms with E-state index in [1.54, 1.807) is 0 Å². The van der Waals surface area contributed by atoms with E-state index in [9.17, 15) is 5.11 Å². The normalized spacial score (nSPS) is 16.3. The predicted molar refractivity (Wildman–Crippen MR) is 78.8 cm³/mol. The number of imidazole rings is 1. The van der Waals surface area contributed by atoms with Crippen molar-refractivity contribution in [3.05, 3.63) is 48.0 Å². The molecule has 4 nitrogen and oxygen atoms in total. The van der Waals surface area contributed by atoms with E-state index < -0.39 is 0 Å². The number of aromatic nitrogens is 2. The largest absolute Gasteiger partial charge is 0.396 e. The molecule has 1 heterocycles. The van der Waals surface area contributed by atoms with Crippen LogP contribution in [0.15, 0.2) is 36.5 Å². The molecule has 2 aromatic rings. The van der Waals surface area contributed by atoms with E-state index in [0.717, 1.165) is 43.1 Å². The molecule has 106 valence electrons. The first-order valence-corrected chi connectivity index (χ1v) is 7.14. The third kappa shape index (κ3) is 2.62. The van der Waals surface area contributed by atoms with Gasteiger partial charge in [-0.15, -0.1) is 0 Å². The molecule has 1 saturated carbocycles. The Hall–Kier alpha value is -1.65. The van der Waals surface area contributed by atoms with Crippen molar-refractivity contribution in [2.24, 2.45) is 5.41 Å². The van der Waals surface area contributed by atoms with Crippen molar-refractivity contribution in [3.8, 4) is 5.69 Å². The first kappa shape index (κ1) is 13.3. The standard InChI is InChI=1S/C16H21N3O/c1-13-18-10-15(9-17-11-16(12-20)7-8-16)19(13)14-5-3-2-4-6-14/h2-6,10,17,20H,7-9,11-12H2,1H3. The van der Waals surface area contributed by atoms with Crippen molar-refractivity contribution in [3.63, 3.8) is 0 Å². The number of nitrogens with zero attached hydrogens (tertiary/aromatic N) is 2. The topological polar surface area (TPSA) is 50.1 Å². The summed E-state index contributed by atoms with van der Waals surface area (Å²) in [4.78, 5) is 4.42. The van der Waals surface area contributed by atoms with Crippen LogP contribution in [-0.4, -0.2) is 27.8 Å². The highest BCUT2D eigenvalue weighted by Crippen LogP contribution is 2.44. The molecule has 0 saturated heterocycles. The number of rotatable bonds is 6. The lowest BCUT2D eigenvalue weighted by Crippen LogP contribution is -2.26. The van der Waals surface area contributed by atoms with Gasteiger partial charge in [0.25, 0.3) is 0 Å². The lowest BCUT2D eigenvalue weighted by atomic mass is 10.1. The van der Waals surface area contributed by atoms with Crippen molar-refractivity contribution in [1.29, 1.82) is 0 Å². The van der Waals surface area contributed by atoms with Crippen molar-refractivity contribution < 1.29 is 5.11 Å². The molecular weight excluding hydrogens is 250 g/mol. The molecule has 0 amide bonds. The molecule has 1 aromatic carbocycles. The molecule has 0 atom stereocenters. The Kier molecular flexibility index (Phi) is 3.59. The average Bonchev–Trinajstić information content (AvgIpc) is 3.17. The Labute approximate surface area is 119 Å². The summed E-state index contributed by atoms with van der Waals surface area (Å²) in [6.07, 6.45) is 4.19. The summed E-state index contributed by atoms with van der Waals surface area (Å²) < 4.78 is 2.17. The minimum atomic E-state index is 0.145. The molecule has 0 radical (unpaired) electrons. The number of aliphatic hydroxyl groups excluding tert-OH is 1. The number of para-hydroxylation sites is 1. The van der Waals surface area contributed by atoms with Gasteiger partial charge in [0.2, 0.25) is 0 Å². The van der Waals surface area contributed by atoms with Gasteiger partial charge in [-0.2, -0.15) is 0 Å². The molecule has 2 N–H and O–H groups in total. The predicted octanol–water partition coefficient (Wildman–Crippen LogP) is 2.04. The second kappa shape index (κ2) is 5.38. The van der Waals surface area contributed by atoms with Crippen LogP contribution in [-0.2, 0) is 6.54 Å². The number of benzene rings is 1. The van der Waals surface area contributed by atoms with Crippen LogP contribution in [0.3, 0.4) is 0 Å². The van der Waals surface area contributed by atoms with Gasteiger partial charge in [-0.3, -0.25) is 4.57 Å². The molecule has 0 spiro atoms. The van der Waals surface area contributed by atoms with E-state index in [1.165, 1.54) is 0 Å². The Morgan fingerprint density at radius 3 is 2.70 bits per heavy atom. The van der Waals surface area contributed by atoms with Gasteiger partial charge in [-0.25, -0.2) is 4.98 Å². The molecule has 20 heavy (non-hydrogen) atoms. The fraction of sp³-hybridized carbons (Fsp3) is 0.438. The highest BCUT2D eigenvalue weighted by Gasteiger charge is 2.41. The van der Waals surface area contributed by atoms with E-state index in [4.69, 9.17) is 0 Å². The Balaban J connectivity index is 1.71. The molecular formula is C16H21N3O. The molecule has 1 aliphatic rings. The lowest BCUT2D eigenvalue weighted by molar-refractivity contribution is 0.207. The number of hydrogen-bond donors (Lipinski definition) is 2. The van der Waals surface area contributed by atoms with Crippen LogP contribution in [0.4, 0.5) is 0 Å². The highest BCUT2D eigenvalue weighted by molar-refractivity contribution is 5.35. The minimum absolute atomic E-state index is 0.145. The van der Waals surface area contributed by atoms with Gasteiger partial charge in [0.1, 0.15) is 5.82 Å². The molecule has 0 unspecified atom stereocenters. The van der Waals surface area contributed by atoms with Gasteiger partial charge in [-0.05, 0) is 31.9 Å². The maximum absolute atomic E-state index is 9.33. The zero-order valence-corrected chi connectivity index (χ0v) is 11.8. The summed E-state index contributed by atoms with van der Waals surface area (Å²) in [6, 6.07) is 10.3. The van der Waals surface area contributed by atoms with Gasteiger partial charge in [0.15, 0.2) is 0 Å². The fourth-order valence-corrected chi connectivity index (χ4v) is 2.57. The minimum Gasteiger partial charge on any atom is -0.396 e. The van der Waals surface area contributed by atoms with Crippen LogP contribution in [0.1, 0.15) is 24.4 Å². The van der Waals surface area contributed by atoms with Crippen LogP contribution < -0.4 is 5.32 Å². The second-order valence-electron chi connectivity index (χ2n) is 5.73. The number of hydrogen-bond acceptors (Lipinski definition) is 3. The fourth-order valence-electron chi connectivity index (χ4n) is 2.57. The zero-order chi connectivity index (χ0) is 14.0. The summed E-state index contributed by atoms with van der Waals surface area (Å²) >= 11 is 0. The number of aliphatic hydroxyl groups is 1. The summed E-state index contributed by atoms with van der Waals surface area (Å²) in [5.41, 5.74) is 2.44. The van der Waals surface area contributed by atoms with Gasteiger partial charge in [0.05, 0.1) is 11.9 Å². The van der Waals surface area contributed by atoms with Crippen molar-refractivity contribution in [2.75, 3.05) is 13.2 Å². The summed E-state index contributed by atoms with van der Waals surface area (Å²) in [5, 5.41) is 12.8. The van der Waals surface area contributed by atoms with Crippen LogP contribution in [0.25, 0.3) is 5.69 Å². The van der Waals surface area contributed by atoms with Crippen LogP contribution in [0.5, 0.6) is 0 Å². The molecule has 4 heteroatoms. The Bertz CT molecular complexity index is 573. The first-order chi connectivity index (χ1) is 9.74. The van der Waals surface area contributed by atoms with Crippen molar-refractivity contribution in [1.82, 2.24) is 14.9 Å². The summed E-state index contributed by atoms with van der Waals surface area (Å²) in [5.74, 6) is 0.997. The van der Waals surface area contributed by atoms with Gasteiger partial charge in [-0.1, -0.05) is 18.2 Å². The maximum Gasteiger partial charge on any atom is 0.110 e. The third-order valence-electron chi connectivity index (χ3n) is 4.12. The van der Waals surface area contributed by atoms with Gasteiger partial charge >= 0.3 is 0 Å². The van der Waals surface area contributed by atoms with E-state index in [1.807, 2.05) is 31.3 Å². The van der Waals surface area contributed by atoms with E-state index >= 15 is 0 Å². The quantitative estimate of drug-likeness (QED) is 0.845. The van der Waals surface area contributed by atoms with Crippen LogP contribution in [0.2, 0.25) is 0 Å². The SMILES string of the molecule is Cc1ncc(CNCC2(CO)CC2)n1-c1ccccc1. The lowest BCUT2D eigenvalue weighted by Gasteiger charge is -2.14. The molecule has 1 aromatic heterocycles. The van der Waals surface area contributed by atoms with E-state index in [-0.39, 0.29) is 12.0 Å². The molecule has 0 aliphatic heterocycles. The second-order valence-corrected chi connectivity index (χ2v) is 5.73. The molecule has 1 aliphatic carbocycles. The zero-order valence-electron chi connectivity index (χ0n) is 11.8. The number of nitrogens with one attached hydrogen (secondary N) is 1. The van der Waals surface area contributed by atoms with Gasteiger partial charge in [0, 0.05) is 30.8 Å². The highest BCUT2D eigenvalue weighted by atomic mass is 16.3. The summed E-state index contributed by atoms with van der Waals surface area (Å²) in [6.45, 7) is 3.96. The maximum atomic E-state index is 9.33. The third-order valence-corrected chi connectivity index (χ3v) is 4.12. The molecule has 0 bridgehead atoms. The number of aryl methyl sites for hydroxylation is 1. The van der Waals surface area contributed by atoms with Crippen LogP contribution in [0, 0.1) is 12.3 Å². The Morgan fingerprint density at radius 1 is 1.30 bits per heavy atom. The molecule has 1 fully saturated rings.